The van der Waals surface area contributed by atoms with Crippen LogP contribution < -0.4 is 16.2 Å². The Bertz CT molecular complexity index is 738. The summed E-state index contributed by atoms with van der Waals surface area (Å²) in [6.07, 6.45) is 0.559. The fourth-order valence-corrected chi connectivity index (χ4v) is 2.92. The van der Waals surface area contributed by atoms with Gasteiger partial charge in [0.05, 0.1) is 0 Å². The Morgan fingerprint density at radius 2 is 2.00 bits per heavy atom. The highest BCUT2D eigenvalue weighted by molar-refractivity contribution is 6.31. The van der Waals surface area contributed by atoms with Crippen LogP contribution in [0, 0.1) is 12.7 Å². The molecule has 3 rings (SSSR count). The van der Waals surface area contributed by atoms with Gasteiger partial charge in [-0.1, -0.05) is 35.9 Å². The minimum absolute atomic E-state index is 0.0481. The van der Waals surface area contributed by atoms with Gasteiger partial charge < -0.3 is 5.32 Å². The number of hydrogen-bond donors (Lipinski definition) is 3. The van der Waals surface area contributed by atoms with Gasteiger partial charge in [-0.25, -0.2) is 15.2 Å². The predicted molar refractivity (Wildman–Crippen MR) is 88.6 cm³/mol. The first-order chi connectivity index (χ1) is 11.1. The zero-order valence-electron chi connectivity index (χ0n) is 12.6. The van der Waals surface area contributed by atoms with E-state index in [-0.39, 0.29) is 17.8 Å². The van der Waals surface area contributed by atoms with Crippen LogP contribution in [0.25, 0.3) is 0 Å². The summed E-state index contributed by atoms with van der Waals surface area (Å²) in [4.78, 5) is 12.4. The highest BCUT2D eigenvalue weighted by atomic mass is 35.5. The van der Waals surface area contributed by atoms with Crippen molar-refractivity contribution >= 4 is 23.2 Å². The summed E-state index contributed by atoms with van der Waals surface area (Å²) < 4.78 is 13.5. The van der Waals surface area contributed by atoms with E-state index in [0.717, 1.165) is 5.56 Å². The van der Waals surface area contributed by atoms with Gasteiger partial charge in [-0.2, -0.15) is 0 Å². The number of halogens is 2. The largest absolute Gasteiger partial charge is 0.324 e. The summed E-state index contributed by atoms with van der Waals surface area (Å²) >= 11 is 6.19. The van der Waals surface area contributed by atoms with E-state index in [4.69, 9.17) is 11.6 Å². The molecule has 2 unspecified atom stereocenters. The fraction of sp³-hybridized carbons (Fsp3) is 0.235. The molecule has 0 aromatic heterocycles. The van der Waals surface area contributed by atoms with Gasteiger partial charge in [-0.3, -0.25) is 4.79 Å². The minimum atomic E-state index is -0.418. The molecule has 0 spiro atoms. The summed E-state index contributed by atoms with van der Waals surface area (Å²) in [5.74, 6) is -0.546. The molecule has 2 aromatic rings. The molecule has 1 amide bonds. The van der Waals surface area contributed by atoms with Gasteiger partial charge in [0, 0.05) is 22.3 Å². The van der Waals surface area contributed by atoms with Crippen molar-refractivity contribution in [2.45, 2.75) is 25.4 Å². The fourth-order valence-electron chi connectivity index (χ4n) is 2.65. The predicted octanol–water partition coefficient (Wildman–Crippen LogP) is 3.33. The number of nitrogens with one attached hydrogen (secondary N) is 3. The van der Waals surface area contributed by atoms with Crippen LogP contribution in [0.3, 0.4) is 0 Å². The van der Waals surface area contributed by atoms with Gasteiger partial charge in [-0.15, -0.1) is 0 Å². The van der Waals surface area contributed by atoms with E-state index in [9.17, 15) is 9.18 Å². The number of carbonyl (C=O) groups is 1. The van der Waals surface area contributed by atoms with Crippen molar-refractivity contribution in [2.24, 2.45) is 0 Å². The van der Waals surface area contributed by atoms with Gasteiger partial charge >= 0.3 is 0 Å². The quantitative estimate of drug-likeness (QED) is 0.807. The normalized spacial score (nSPS) is 20.5. The molecule has 6 heteroatoms. The molecule has 23 heavy (non-hydrogen) atoms. The highest BCUT2D eigenvalue weighted by Crippen LogP contribution is 2.28. The van der Waals surface area contributed by atoms with Crippen molar-refractivity contribution in [1.29, 1.82) is 0 Å². The lowest BCUT2D eigenvalue weighted by molar-refractivity contribution is -0.117. The Hall–Kier alpha value is -1.95. The highest BCUT2D eigenvalue weighted by Gasteiger charge is 2.31. The second-order valence-corrected chi connectivity index (χ2v) is 5.96. The number of carbonyl (C=O) groups excluding carboxylic acids is 1. The van der Waals surface area contributed by atoms with Crippen molar-refractivity contribution in [2.75, 3.05) is 5.32 Å². The summed E-state index contributed by atoms with van der Waals surface area (Å²) in [6.45, 7) is 1.64. The monoisotopic (exact) mass is 333 g/mol. The Balaban J connectivity index is 1.68. The van der Waals surface area contributed by atoms with Crippen LogP contribution in [0.15, 0.2) is 42.5 Å². The second kappa shape index (κ2) is 6.66. The molecule has 1 heterocycles. The van der Waals surface area contributed by atoms with Crippen LogP contribution in [-0.2, 0) is 4.79 Å². The van der Waals surface area contributed by atoms with E-state index in [2.05, 4.69) is 16.2 Å². The maximum atomic E-state index is 13.5. The van der Waals surface area contributed by atoms with Crippen LogP contribution >= 0.6 is 11.6 Å². The average Bonchev–Trinajstić information content (AvgIpc) is 3.02. The first kappa shape index (κ1) is 15.9. The number of anilines is 1. The topological polar surface area (TPSA) is 53.2 Å². The zero-order chi connectivity index (χ0) is 16.4. The Labute approximate surface area is 139 Å². The minimum Gasteiger partial charge on any atom is -0.324 e. The van der Waals surface area contributed by atoms with Crippen molar-refractivity contribution < 1.29 is 9.18 Å². The van der Waals surface area contributed by atoms with Gasteiger partial charge in [-0.05, 0) is 37.1 Å². The maximum Gasteiger partial charge on any atom is 0.242 e. The summed E-state index contributed by atoms with van der Waals surface area (Å²) in [6, 6.07) is 11.7. The number of benzene rings is 2. The SMILES string of the molecule is Cc1c(F)cccc1NC(=O)C1CC(c2ccccc2Cl)NN1. The number of hydrazine groups is 1. The van der Waals surface area contributed by atoms with Gasteiger partial charge in [0.2, 0.25) is 5.91 Å². The first-order valence-electron chi connectivity index (χ1n) is 7.37. The zero-order valence-corrected chi connectivity index (χ0v) is 13.3. The molecule has 0 aliphatic carbocycles. The molecule has 3 N–H and O–H groups in total. The molecule has 1 fully saturated rings. The molecule has 2 atom stereocenters. The Morgan fingerprint density at radius 3 is 2.78 bits per heavy atom. The van der Waals surface area contributed by atoms with Crippen molar-refractivity contribution in [3.63, 3.8) is 0 Å². The molecule has 0 radical (unpaired) electrons. The molecule has 120 valence electrons. The Kier molecular flexibility index (Phi) is 4.61. The van der Waals surface area contributed by atoms with Gasteiger partial charge in [0.15, 0.2) is 0 Å². The van der Waals surface area contributed by atoms with E-state index < -0.39 is 6.04 Å². The van der Waals surface area contributed by atoms with Crippen LogP contribution in [0.1, 0.15) is 23.6 Å². The Morgan fingerprint density at radius 1 is 1.22 bits per heavy atom. The van der Waals surface area contributed by atoms with Gasteiger partial charge in [0.1, 0.15) is 11.9 Å². The molecular formula is C17H17ClFN3O. The number of amides is 1. The summed E-state index contributed by atoms with van der Waals surface area (Å²) in [5, 5.41) is 3.43. The maximum absolute atomic E-state index is 13.5. The molecule has 1 saturated heterocycles. The van der Waals surface area contributed by atoms with Crippen molar-refractivity contribution in [1.82, 2.24) is 10.9 Å². The van der Waals surface area contributed by atoms with E-state index in [1.807, 2.05) is 24.3 Å². The standard InChI is InChI=1S/C17H17ClFN3O/c1-10-13(19)7-4-8-14(10)20-17(23)16-9-15(21-22-16)11-5-2-3-6-12(11)18/h2-8,15-16,21-22H,9H2,1H3,(H,20,23). The summed E-state index contributed by atoms with van der Waals surface area (Å²) in [5.41, 5.74) is 7.91. The number of rotatable bonds is 3. The molecule has 1 aliphatic rings. The lowest BCUT2D eigenvalue weighted by Gasteiger charge is -2.13. The smallest absolute Gasteiger partial charge is 0.242 e. The molecule has 1 aliphatic heterocycles. The third-order valence-corrected chi connectivity index (χ3v) is 4.37. The van der Waals surface area contributed by atoms with Crippen LogP contribution in [0.5, 0.6) is 0 Å². The lowest BCUT2D eigenvalue weighted by atomic mass is 10.0. The van der Waals surface area contributed by atoms with Crippen molar-refractivity contribution in [3.8, 4) is 0 Å². The third kappa shape index (κ3) is 3.37. The lowest BCUT2D eigenvalue weighted by Crippen LogP contribution is -2.39. The molecule has 0 saturated carbocycles. The molecule has 4 nitrogen and oxygen atoms in total. The second-order valence-electron chi connectivity index (χ2n) is 5.55. The third-order valence-electron chi connectivity index (χ3n) is 4.03. The molecule has 2 aromatic carbocycles. The van der Waals surface area contributed by atoms with Crippen molar-refractivity contribution in [3.05, 3.63) is 64.4 Å². The van der Waals surface area contributed by atoms with E-state index in [1.54, 1.807) is 19.1 Å². The number of hydrogen-bond acceptors (Lipinski definition) is 3. The first-order valence-corrected chi connectivity index (χ1v) is 7.75. The molecular weight excluding hydrogens is 317 g/mol. The average molecular weight is 334 g/mol. The molecule has 0 bridgehead atoms. The van der Waals surface area contributed by atoms with Gasteiger partial charge in [0.25, 0.3) is 0 Å². The van der Waals surface area contributed by atoms with E-state index in [0.29, 0.717) is 22.7 Å². The van der Waals surface area contributed by atoms with Crippen LogP contribution in [-0.4, -0.2) is 11.9 Å². The van der Waals surface area contributed by atoms with E-state index in [1.165, 1.54) is 6.07 Å². The summed E-state index contributed by atoms with van der Waals surface area (Å²) in [7, 11) is 0. The van der Waals surface area contributed by atoms with E-state index >= 15 is 0 Å². The van der Waals surface area contributed by atoms with Crippen LogP contribution in [0.2, 0.25) is 5.02 Å². The van der Waals surface area contributed by atoms with Crippen LogP contribution in [0.4, 0.5) is 10.1 Å².